The number of carbonyl (C=O) groups excluding carboxylic acids is 1. The number of benzene rings is 1. The van der Waals surface area contributed by atoms with Gasteiger partial charge in [-0.2, -0.15) is 5.10 Å². The van der Waals surface area contributed by atoms with E-state index in [1.54, 1.807) is 0 Å². The Balaban J connectivity index is 1.49. The van der Waals surface area contributed by atoms with Crippen molar-refractivity contribution < 1.29 is 4.79 Å². The first kappa shape index (κ1) is 17.9. The summed E-state index contributed by atoms with van der Waals surface area (Å²) in [5.74, 6) is -0.0280. The average Bonchev–Trinajstić information content (AvgIpc) is 3.44. The molecule has 0 saturated carbocycles. The molecule has 28 heavy (non-hydrogen) atoms. The van der Waals surface area contributed by atoms with Crippen LogP contribution in [0.1, 0.15) is 37.1 Å². The Kier molecular flexibility index (Phi) is 4.48. The Morgan fingerprint density at radius 2 is 2.04 bits per heavy atom. The number of nitrogens with one attached hydrogen (secondary N) is 1. The number of carbonyl (C=O) groups is 1. The molecule has 5 rings (SSSR count). The van der Waals surface area contributed by atoms with Crippen LogP contribution in [0.2, 0.25) is 0 Å². The quantitative estimate of drug-likeness (QED) is 0.860. The van der Waals surface area contributed by atoms with Crippen molar-refractivity contribution in [2.75, 3.05) is 24.5 Å². The van der Waals surface area contributed by atoms with Gasteiger partial charge in [0.1, 0.15) is 5.92 Å². The van der Waals surface area contributed by atoms with Crippen LogP contribution in [-0.4, -0.2) is 42.2 Å². The van der Waals surface area contributed by atoms with Crippen molar-refractivity contribution in [3.8, 4) is 10.4 Å². The smallest absolute Gasteiger partial charge is 0.238 e. The van der Waals surface area contributed by atoms with Crippen LogP contribution in [0.5, 0.6) is 0 Å². The topological polar surface area (TPSA) is 47.9 Å². The normalized spacial score (nSPS) is 24.1. The molecule has 3 aliphatic heterocycles. The van der Waals surface area contributed by atoms with Crippen molar-refractivity contribution in [2.24, 2.45) is 11.0 Å². The molecule has 1 saturated heterocycles. The highest BCUT2D eigenvalue weighted by Crippen LogP contribution is 2.38. The van der Waals surface area contributed by atoms with Crippen LogP contribution in [0.25, 0.3) is 10.4 Å². The van der Waals surface area contributed by atoms with E-state index in [-0.39, 0.29) is 17.9 Å². The maximum atomic E-state index is 12.9. The lowest BCUT2D eigenvalue weighted by atomic mass is 9.85. The third kappa shape index (κ3) is 2.86. The summed E-state index contributed by atoms with van der Waals surface area (Å²) >= 11 is 1.88. The lowest BCUT2D eigenvalue weighted by Gasteiger charge is -2.33. The Labute approximate surface area is 170 Å². The molecule has 0 spiro atoms. The Bertz CT molecular complexity index is 944. The highest BCUT2D eigenvalue weighted by Gasteiger charge is 2.43. The van der Waals surface area contributed by atoms with Crippen molar-refractivity contribution in [3.63, 3.8) is 0 Å². The number of rotatable bonds is 4. The molecule has 0 aliphatic carbocycles. The predicted molar refractivity (Wildman–Crippen MR) is 115 cm³/mol. The third-order valence-corrected chi connectivity index (χ3v) is 7.24. The van der Waals surface area contributed by atoms with Crippen LogP contribution in [0.4, 0.5) is 5.69 Å². The minimum Gasteiger partial charge on any atom is -0.311 e. The fourth-order valence-corrected chi connectivity index (χ4v) is 5.68. The van der Waals surface area contributed by atoms with Gasteiger partial charge in [0.25, 0.3) is 0 Å². The summed E-state index contributed by atoms with van der Waals surface area (Å²) in [6, 6.07) is 11.0. The first-order chi connectivity index (χ1) is 13.7. The van der Waals surface area contributed by atoms with Gasteiger partial charge in [-0.1, -0.05) is 6.07 Å². The number of hydrazone groups is 1. The van der Waals surface area contributed by atoms with Gasteiger partial charge in [0.05, 0.1) is 17.4 Å². The molecule has 4 heterocycles. The molecule has 2 aromatic rings. The third-order valence-electron chi connectivity index (χ3n) is 6.12. The van der Waals surface area contributed by atoms with E-state index in [0.717, 1.165) is 23.5 Å². The van der Waals surface area contributed by atoms with Gasteiger partial charge in [-0.15, -0.1) is 11.3 Å². The van der Waals surface area contributed by atoms with Crippen LogP contribution < -0.4 is 10.3 Å². The number of likely N-dealkylation sites (tertiary alicyclic amines) is 1. The summed E-state index contributed by atoms with van der Waals surface area (Å²) in [6.45, 7) is 8.25. The summed E-state index contributed by atoms with van der Waals surface area (Å²) in [5.41, 5.74) is 7.30. The van der Waals surface area contributed by atoms with Crippen LogP contribution >= 0.6 is 11.3 Å². The highest BCUT2D eigenvalue weighted by atomic mass is 32.1. The zero-order valence-electron chi connectivity index (χ0n) is 16.4. The SMILES string of the molecule is CCN1C(=O)[C@H]2C(=NNC2C)c2cc(-c3ccc(CN4CCCC4)s3)ccc21. The first-order valence-corrected chi connectivity index (χ1v) is 11.1. The summed E-state index contributed by atoms with van der Waals surface area (Å²) in [5, 5.41) is 4.52. The Morgan fingerprint density at radius 1 is 1.21 bits per heavy atom. The van der Waals surface area contributed by atoms with Gasteiger partial charge >= 0.3 is 0 Å². The molecular formula is C22H26N4OS. The molecule has 1 aromatic heterocycles. The van der Waals surface area contributed by atoms with E-state index in [1.165, 1.54) is 41.2 Å². The maximum absolute atomic E-state index is 12.9. The lowest BCUT2D eigenvalue weighted by Crippen LogP contribution is -2.47. The van der Waals surface area contributed by atoms with E-state index in [0.29, 0.717) is 6.54 Å². The highest BCUT2D eigenvalue weighted by molar-refractivity contribution is 7.15. The molecule has 146 valence electrons. The predicted octanol–water partition coefficient (Wildman–Crippen LogP) is 3.69. The van der Waals surface area contributed by atoms with E-state index >= 15 is 0 Å². The van der Waals surface area contributed by atoms with E-state index in [9.17, 15) is 4.79 Å². The van der Waals surface area contributed by atoms with Crippen LogP contribution in [-0.2, 0) is 11.3 Å². The van der Waals surface area contributed by atoms with Gasteiger partial charge in [-0.25, -0.2) is 0 Å². The standard InChI is InChI=1S/C22H26N4OS/c1-3-26-18-8-6-15(12-17(18)21-20(22(26)27)14(2)23-24-21)19-9-7-16(28-19)13-25-10-4-5-11-25/h6-9,12,14,20,23H,3-5,10-11,13H2,1-2H3/t14?,20-/m1/s1. The van der Waals surface area contributed by atoms with Crippen LogP contribution in [0.15, 0.2) is 35.4 Å². The number of nitrogens with zero attached hydrogens (tertiary/aromatic N) is 3. The zero-order chi connectivity index (χ0) is 19.3. The second kappa shape index (κ2) is 7.01. The Hall–Kier alpha value is -2.18. The van der Waals surface area contributed by atoms with Crippen molar-refractivity contribution in [1.82, 2.24) is 10.3 Å². The molecule has 0 bridgehead atoms. The number of hydrogen-bond acceptors (Lipinski definition) is 5. The number of thiophene rings is 1. The fourth-order valence-electron chi connectivity index (χ4n) is 4.63. The van der Waals surface area contributed by atoms with Crippen molar-refractivity contribution in [1.29, 1.82) is 0 Å². The molecule has 5 nitrogen and oxygen atoms in total. The number of hydrogen-bond donors (Lipinski definition) is 1. The molecule has 1 amide bonds. The number of fused-ring (bicyclic) bond motifs is 3. The number of anilines is 1. The van der Waals surface area contributed by atoms with Crippen molar-refractivity contribution in [2.45, 2.75) is 39.3 Å². The largest absolute Gasteiger partial charge is 0.311 e. The molecule has 6 heteroatoms. The summed E-state index contributed by atoms with van der Waals surface area (Å²) < 4.78 is 0. The molecule has 3 aliphatic rings. The first-order valence-electron chi connectivity index (χ1n) is 10.3. The molecule has 0 radical (unpaired) electrons. The van der Waals surface area contributed by atoms with Gasteiger partial charge in [0.15, 0.2) is 0 Å². The lowest BCUT2D eigenvalue weighted by molar-refractivity contribution is -0.120. The van der Waals surface area contributed by atoms with Gasteiger partial charge < -0.3 is 10.3 Å². The van der Waals surface area contributed by atoms with Gasteiger partial charge in [-0.3, -0.25) is 9.69 Å². The van der Waals surface area contributed by atoms with Crippen molar-refractivity contribution in [3.05, 3.63) is 40.8 Å². The average molecular weight is 395 g/mol. The molecule has 1 unspecified atom stereocenters. The monoisotopic (exact) mass is 394 g/mol. The van der Waals surface area contributed by atoms with E-state index in [2.05, 4.69) is 45.8 Å². The van der Waals surface area contributed by atoms with Gasteiger partial charge in [0.2, 0.25) is 5.91 Å². The maximum Gasteiger partial charge on any atom is 0.238 e. The minimum absolute atomic E-state index is 0.0437. The van der Waals surface area contributed by atoms with Crippen LogP contribution in [0, 0.1) is 5.92 Å². The summed E-state index contributed by atoms with van der Waals surface area (Å²) in [6.07, 6.45) is 2.65. The van der Waals surface area contributed by atoms with E-state index in [1.807, 2.05) is 30.1 Å². The zero-order valence-corrected chi connectivity index (χ0v) is 17.3. The van der Waals surface area contributed by atoms with E-state index < -0.39 is 0 Å². The minimum atomic E-state index is -0.184. The van der Waals surface area contributed by atoms with Crippen molar-refractivity contribution >= 4 is 28.6 Å². The molecule has 1 fully saturated rings. The van der Waals surface area contributed by atoms with Gasteiger partial charge in [0, 0.05) is 28.4 Å². The molecule has 1 N–H and O–H groups in total. The summed E-state index contributed by atoms with van der Waals surface area (Å²) in [4.78, 5) is 20.1. The second-order valence-corrected chi connectivity index (χ2v) is 9.12. The molecular weight excluding hydrogens is 368 g/mol. The number of amides is 1. The van der Waals surface area contributed by atoms with Crippen LogP contribution in [0.3, 0.4) is 0 Å². The summed E-state index contributed by atoms with van der Waals surface area (Å²) in [7, 11) is 0. The van der Waals surface area contributed by atoms with E-state index in [4.69, 9.17) is 0 Å². The molecule has 1 aromatic carbocycles. The molecule has 2 atom stereocenters. The fraction of sp³-hybridized carbons (Fsp3) is 0.455. The Morgan fingerprint density at radius 3 is 2.82 bits per heavy atom. The second-order valence-electron chi connectivity index (χ2n) is 7.96. The van der Waals surface area contributed by atoms with Gasteiger partial charge in [-0.05, 0) is 69.6 Å².